The molecule has 118 valence electrons. The Bertz CT molecular complexity index is 617. The Hall–Kier alpha value is -2.16. The van der Waals surface area contributed by atoms with Crippen LogP contribution in [0.2, 0.25) is 0 Å². The predicted molar refractivity (Wildman–Crippen MR) is 91.7 cm³/mol. The molecular formula is C19H25NO2. The lowest BCUT2D eigenvalue weighted by atomic mass is 10.1. The first-order valence-electron chi connectivity index (χ1n) is 7.76. The van der Waals surface area contributed by atoms with Crippen molar-refractivity contribution in [2.45, 2.75) is 33.6 Å². The quantitative estimate of drug-likeness (QED) is 0.607. The highest BCUT2D eigenvalue weighted by Gasteiger charge is 2.02. The molecular weight excluding hydrogens is 274 g/mol. The molecule has 2 rings (SSSR count). The third-order valence-corrected chi connectivity index (χ3v) is 3.82. The highest BCUT2D eigenvalue weighted by Crippen LogP contribution is 2.22. The summed E-state index contributed by atoms with van der Waals surface area (Å²) in [6, 6.07) is 11.9. The number of unbranched alkanes of at least 4 members (excludes halogenated alkanes) is 1. The average molecular weight is 299 g/mol. The molecule has 3 heteroatoms. The normalized spacial score (nSPS) is 10.5. The summed E-state index contributed by atoms with van der Waals surface area (Å²) in [5, 5.41) is 0. The van der Waals surface area contributed by atoms with E-state index in [2.05, 4.69) is 19.9 Å². The molecule has 0 aromatic heterocycles. The van der Waals surface area contributed by atoms with E-state index in [1.807, 2.05) is 37.3 Å². The molecule has 0 saturated carbocycles. The van der Waals surface area contributed by atoms with Crippen LogP contribution in [0, 0.1) is 20.8 Å². The van der Waals surface area contributed by atoms with Crippen LogP contribution in [0.3, 0.4) is 0 Å². The second kappa shape index (κ2) is 7.74. The second-order valence-electron chi connectivity index (χ2n) is 5.63. The fourth-order valence-corrected chi connectivity index (χ4v) is 2.22. The molecule has 0 aliphatic carbocycles. The second-order valence-corrected chi connectivity index (χ2v) is 5.63. The Kier molecular flexibility index (Phi) is 5.70. The zero-order chi connectivity index (χ0) is 15.9. The van der Waals surface area contributed by atoms with Crippen LogP contribution in [0.5, 0.6) is 11.5 Å². The van der Waals surface area contributed by atoms with E-state index >= 15 is 0 Å². The maximum absolute atomic E-state index is 5.84. The number of ether oxygens (including phenoxy) is 2. The minimum Gasteiger partial charge on any atom is -0.493 e. The molecule has 0 radical (unpaired) electrons. The van der Waals surface area contributed by atoms with Gasteiger partial charge in [-0.25, -0.2) is 0 Å². The topological polar surface area (TPSA) is 44.5 Å². The maximum Gasteiger partial charge on any atom is 0.124 e. The average Bonchev–Trinajstić information content (AvgIpc) is 2.50. The molecule has 2 aromatic carbocycles. The van der Waals surface area contributed by atoms with E-state index in [-0.39, 0.29) is 0 Å². The van der Waals surface area contributed by atoms with Gasteiger partial charge in [-0.1, -0.05) is 18.2 Å². The largest absolute Gasteiger partial charge is 0.493 e. The monoisotopic (exact) mass is 299 g/mol. The zero-order valence-electron chi connectivity index (χ0n) is 13.7. The van der Waals surface area contributed by atoms with Crippen LogP contribution in [-0.2, 0) is 0 Å². The number of rotatable bonds is 7. The van der Waals surface area contributed by atoms with E-state index in [1.54, 1.807) is 0 Å². The van der Waals surface area contributed by atoms with E-state index < -0.39 is 0 Å². The van der Waals surface area contributed by atoms with E-state index in [4.69, 9.17) is 15.2 Å². The summed E-state index contributed by atoms with van der Waals surface area (Å²) < 4.78 is 11.6. The SMILES string of the molecule is Cc1ccc(N)cc1OCCCCOc1cccc(C)c1C. The van der Waals surface area contributed by atoms with Crippen LogP contribution in [0.15, 0.2) is 36.4 Å². The first-order chi connectivity index (χ1) is 10.6. The van der Waals surface area contributed by atoms with Gasteiger partial charge in [0.05, 0.1) is 13.2 Å². The number of benzene rings is 2. The Morgan fingerprint density at radius 2 is 1.50 bits per heavy atom. The molecule has 22 heavy (non-hydrogen) atoms. The van der Waals surface area contributed by atoms with Crippen molar-refractivity contribution in [3.05, 3.63) is 53.1 Å². The Labute approximate surface area is 133 Å². The van der Waals surface area contributed by atoms with Crippen molar-refractivity contribution in [3.8, 4) is 11.5 Å². The van der Waals surface area contributed by atoms with Gasteiger partial charge >= 0.3 is 0 Å². The summed E-state index contributed by atoms with van der Waals surface area (Å²) in [5.74, 6) is 1.85. The lowest BCUT2D eigenvalue weighted by Gasteiger charge is -2.12. The van der Waals surface area contributed by atoms with Crippen molar-refractivity contribution >= 4 is 5.69 Å². The predicted octanol–water partition coefficient (Wildman–Crippen LogP) is 4.43. The third kappa shape index (κ3) is 4.42. The summed E-state index contributed by atoms with van der Waals surface area (Å²) in [6.07, 6.45) is 1.92. The van der Waals surface area contributed by atoms with E-state index in [1.165, 1.54) is 11.1 Å². The molecule has 0 bridgehead atoms. The smallest absolute Gasteiger partial charge is 0.124 e. The van der Waals surface area contributed by atoms with Crippen LogP contribution in [0.25, 0.3) is 0 Å². The molecule has 0 heterocycles. The minimum absolute atomic E-state index is 0.681. The maximum atomic E-state index is 5.84. The van der Waals surface area contributed by atoms with Crippen molar-refractivity contribution < 1.29 is 9.47 Å². The van der Waals surface area contributed by atoms with Crippen molar-refractivity contribution in [1.29, 1.82) is 0 Å². The number of nitrogens with two attached hydrogens (primary N) is 1. The van der Waals surface area contributed by atoms with Crippen molar-refractivity contribution in [1.82, 2.24) is 0 Å². The van der Waals surface area contributed by atoms with Crippen molar-refractivity contribution in [3.63, 3.8) is 0 Å². The summed E-state index contributed by atoms with van der Waals surface area (Å²) >= 11 is 0. The van der Waals surface area contributed by atoms with Gasteiger partial charge in [-0.05, 0) is 62.4 Å². The molecule has 0 unspecified atom stereocenters. The van der Waals surface area contributed by atoms with Gasteiger partial charge < -0.3 is 15.2 Å². The molecule has 0 aliphatic heterocycles. The number of aryl methyl sites for hydroxylation is 2. The number of nitrogen functional groups attached to an aromatic ring is 1. The third-order valence-electron chi connectivity index (χ3n) is 3.82. The number of anilines is 1. The van der Waals surface area contributed by atoms with Gasteiger partial charge in [-0.15, -0.1) is 0 Å². The van der Waals surface area contributed by atoms with Crippen LogP contribution in [0.4, 0.5) is 5.69 Å². The van der Waals surface area contributed by atoms with Gasteiger partial charge in [0.2, 0.25) is 0 Å². The lowest BCUT2D eigenvalue weighted by molar-refractivity contribution is 0.265. The van der Waals surface area contributed by atoms with Crippen molar-refractivity contribution in [2.75, 3.05) is 18.9 Å². The van der Waals surface area contributed by atoms with E-state index in [9.17, 15) is 0 Å². The first kappa shape index (κ1) is 16.2. The van der Waals surface area contributed by atoms with Gasteiger partial charge in [0, 0.05) is 11.8 Å². The molecule has 2 N–H and O–H groups in total. The molecule has 2 aromatic rings. The van der Waals surface area contributed by atoms with Crippen LogP contribution in [-0.4, -0.2) is 13.2 Å². The highest BCUT2D eigenvalue weighted by molar-refractivity contribution is 5.47. The Morgan fingerprint density at radius 3 is 2.23 bits per heavy atom. The minimum atomic E-state index is 0.681. The molecule has 0 aliphatic rings. The zero-order valence-corrected chi connectivity index (χ0v) is 13.7. The van der Waals surface area contributed by atoms with Gasteiger partial charge in [-0.3, -0.25) is 0 Å². The van der Waals surface area contributed by atoms with E-state index in [0.717, 1.165) is 35.6 Å². The molecule has 0 fully saturated rings. The van der Waals surface area contributed by atoms with E-state index in [0.29, 0.717) is 13.2 Å². The molecule has 0 atom stereocenters. The molecule has 0 saturated heterocycles. The van der Waals surface area contributed by atoms with Crippen LogP contribution < -0.4 is 15.2 Å². The first-order valence-corrected chi connectivity index (χ1v) is 7.76. The lowest BCUT2D eigenvalue weighted by Crippen LogP contribution is -2.04. The highest BCUT2D eigenvalue weighted by atomic mass is 16.5. The summed E-state index contributed by atoms with van der Waals surface area (Å²) in [5.41, 5.74) is 10.1. The molecule has 0 amide bonds. The van der Waals surface area contributed by atoms with Gasteiger partial charge in [0.15, 0.2) is 0 Å². The van der Waals surface area contributed by atoms with Gasteiger partial charge in [0.1, 0.15) is 11.5 Å². The summed E-state index contributed by atoms with van der Waals surface area (Å²) in [7, 11) is 0. The Balaban J connectivity index is 1.69. The standard InChI is InChI=1S/C19H25NO2/c1-14-7-6-8-18(16(14)3)21-11-4-5-12-22-19-13-17(20)10-9-15(19)2/h6-10,13H,4-5,11-12,20H2,1-3H3. The fraction of sp³-hybridized carbons (Fsp3) is 0.368. The fourth-order valence-electron chi connectivity index (χ4n) is 2.22. The summed E-state index contributed by atoms with van der Waals surface area (Å²) in [6.45, 7) is 7.61. The van der Waals surface area contributed by atoms with Crippen LogP contribution >= 0.6 is 0 Å². The molecule has 0 spiro atoms. The Morgan fingerprint density at radius 1 is 0.818 bits per heavy atom. The van der Waals surface area contributed by atoms with Gasteiger partial charge in [0.25, 0.3) is 0 Å². The van der Waals surface area contributed by atoms with Gasteiger partial charge in [-0.2, -0.15) is 0 Å². The van der Waals surface area contributed by atoms with Crippen molar-refractivity contribution in [2.24, 2.45) is 0 Å². The summed E-state index contributed by atoms with van der Waals surface area (Å²) in [4.78, 5) is 0. The van der Waals surface area contributed by atoms with Crippen LogP contribution in [0.1, 0.15) is 29.5 Å². The number of hydrogen-bond acceptors (Lipinski definition) is 3. The number of hydrogen-bond donors (Lipinski definition) is 1. The molecule has 3 nitrogen and oxygen atoms in total.